The monoisotopic (exact) mass is 366 g/mol. The second-order valence-corrected chi connectivity index (χ2v) is 8.90. The molecule has 0 aromatic rings. The van der Waals surface area contributed by atoms with E-state index in [1.165, 1.54) is 78.0 Å². The Balaban J connectivity index is 0.000000178. The van der Waals surface area contributed by atoms with E-state index in [2.05, 4.69) is 47.5 Å². The van der Waals surface area contributed by atoms with E-state index >= 15 is 0 Å². The van der Waals surface area contributed by atoms with Crippen LogP contribution in [-0.4, -0.2) is 98.1 Å². The summed E-state index contributed by atoms with van der Waals surface area (Å²) in [6.45, 7) is 19.3. The number of fused-ring (bicyclic) bond motifs is 2. The molecule has 4 aliphatic rings. The van der Waals surface area contributed by atoms with Crippen molar-refractivity contribution in [3.63, 3.8) is 0 Å². The van der Waals surface area contributed by atoms with Crippen LogP contribution in [0.3, 0.4) is 0 Å². The highest BCUT2D eigenvalue weighted by molar-refractivity contribution is 4.90. The minimum Gasteiger partial charge on any atom is -0.306 e. The zero-order valence-electron chi connectivity index (χ0n) is 18.6. The van der Waals surface area contributed by atoms with Crippen molar-refractivity contribution in [1.82, 2.24) is 19.6 Å². The Morgan fingerprint density at radius 2 is 1.38 bits per heavy atom. The van der Waals surface area contributed by atoms with Gasteiger partial charge in [0.2, 0.25) is 0 Å². The van der Waals surface area contributed by atoms with Gasteiger partial charge in [0.05, 0.1) is 0 Å². The fraction of sp³-hybridized carbons (Fsp3) is 1.00. The van der Waals surface area contributed by atoms with Crippen molar-refractivity contribution in [3.05, 3.63) is 0 Å². The molecule has 0 spiro atoms. The first-order chi connectivity index (χ1) is 12.6. The van der Waals surface area contributed by atoms with Gasteiger partial charge in [-0.05, 0) is 58.7 Å². The van der Waals surface area contributed by atoms with Gasteiger partial charge in [-0.3, -0.25) is 9.80 Å². The van der Waals surface area contributed by atoms with Crippen molar-refractivity contribution < 1.29 is 0 Å². The highest BCUT2D eigenvalue weighted by atomic mass is 15.3. The van der Waals surface area contributed by atoms with Gasteiger partial charge in [-0.25, -0.2) is 0 Å². The van der Waals surface area contributed by atoms with Gasteiger partial charge in [0, 0.05) is 57.9 Å². The molecule has 4 aliphatic heterocycles. The van der Waals surface area contributed by atoms with Crippen molar-refractivity contribution in [1.29, 1.82) is 0 Å². The largest absolute Gasteiger partial charge is 0.306 e. The lowest BCUT2D eigenvalue weighted by Crippen LogP contribution is -2.56. The molecule has 0 aromatic carbocycles. The summed E-state index contributed by atoms with van der Waals surface area (Å²) in [5.41, 5.74) is 0. The second kappa shape index (κ2) is 11.0. The first-order valence-electron chi connectivity index (χ1n) is 11.4. The highest BCUT2D eigenvalue weighted by Gasteiger charge is 2.36. The Kier molecular flexibility index (Phi) is 9.36. The minimum atomic E-state index is 0.791. The molecule has 4 heterocycles. The third-order valence-electron chi connectivity index (χ3n) is 6.93. The number of nitrogens with zero attached hydrogens (tertiary/aromatic N) is 4. The third-order valence-corrected chi connectivity index (χ3v) is 6.93. The molecule has 2 unspecified atom stereocenters. The van der Waals surface area contributed by atoms with Gasteiger partial charge in [0.15, 0.2) is 0 Å². The van der Waals surface area contributed by atoms with Gasteiger partial charge in [0.1, 0.15) is 0 Å². The number of piperidine rings is 1. The number of likely N-dealkylation sites (tertiary alicyclic amines) is 2. The van der Waals surface area contributed by atoms with Crippen LogP contribution in [0, 0.1) is 11.8 Å². The molecule has 26 heavy (non-hydrogen) atoms. The lowest BCUT2D eigenvalue weighted by Gasteiger charge is -2.45. The zero-order chi connectivity index (χ0) is 19.1. The molecule has 0 aliphatic carbocycles. The maximum Gasteiger partial charge on any atom is 0.0223 e. The average Bonchev–Trinajstić information content (AvgIpc) is 3.18. The van der Waals surface area contributed by atoms with Crippen molar-refractivity contribution in [3.8, 4) is 0 Å². The van der Waals surface area contributed by atoms with Gasteiger partial charge in [-0.15, -0.1) is 0 Å². The lowest BCUT2D eigenvalue weighted by molar-refractivity contribution is 0.0304. The summed E-state index contributed by atoms with van der Waals surface area (Å²) in [5.74, 6) is 1.96. The Labute approximate surface area is 163 Å². The maximum atomic E-state index is 2.71. The van der Waals surface area contributed by atoms with Gasteiger partial charge in [0.25, 0.3) is 0 Å². The zero-order valence-corrected chi connectivity index (χ0v) is 18.6. The fourth-order valence-corrected chi connectivity index (χ4v) is 5.30. The van der Waals surface area contributed by atoms with Crippen LogP contribution in [-0.2, 0) is 0 Å². The molecule has 0 aromatic heterocycles. The van der Waals surface area contributed by atoms with Crippen molar-refractivity contribution in [2.24, 2.45) is 11.8 Å². The number of hydrogen-bond donors (Lipinski definition) is 0. The van der Waals surface area contributed by atoms with E-state index in [1.807, 2.05) is 13.8 Å². The summed E-state index contributed by atoms with van der Waals surface area (Å²) in [6, 6.07) is 1.67. The van der Waals surface area contributed by atoms with Crippen LogP contribution in [0.1, 0.15) is 53.4 Å². The van der Waals surface area contributed by atoms with Crippen LogP contribution in [0.25, 0.3) is 0 Å². The standard InChI is InChI=1S/C12H24N2.C8H16N2.C2H6/c1-3-11(2)14-9-8-13-7-5-4-6-12(13)10-14;1-9-3-7-5-10(2)6-8(7)4-9;1-2/h11-12H,3-10H2,1-2H3;7-8H,3-6H2,1-2H3;1-2H3. The van der Waals surface area contributed by atoms with Crippen molar-refractivity contribution >= 4 is 0 Å². The summed E-state index contributed by atoms with van der Waals surface area (Å²) < 4.78 is 0. The second-order valence-electron chi connectivity index (χ2n) is 8.90. The molecular weight excluding hydrogens is 320 g/mol. The van der Waals surface area contributed by atoms with Gasteiger partial charge < -0.3 is 9.80 Å². The van der Waals surface area contributed by atoms with E-state index in [0.717, 1.165) is 23.9 Å². The molecule has 4 heteroatoms. The summed E-state index contributed by atoms with van der Waals surface area (Å²) in [4.78, 5) is 10.3. The summed E-state index contributed by atoms with van der Waals surface area (Å²) >= 11 is 0. The Bertz CT molecular complexity index is 360. The number of rotatable bonds is 2. The quantitative estimate of drug-likeness (QED) is 0.744. The molecule has 154 valence electrons. The molecule has 0 N–H and O–H groups in total. The highest BCUT2D eigenvalue weighted by Crippen LogP contribution is 2.28. The number of piperazine rings is 1. The average molecular weight is 367 g/mol. The van der Waals surface area contributed by atoms with E-state index in [0.29, 0.717) is 0 Å². The van der Waals surface area contributed by atoms with Crippen molar-refractivity contribution in [2.45, 2.75) is 65.5 Å². The predicted octanol–water partition coefficient (Wildman–Crippen LogP) is 3.09. The van der Waals surface area contributed by atoms with E-state index < -0.39 is 0 Å². The number of hydrogen-bond acceptors (Lipinski definition) is 4. The van der Waals surface area contributed by atoms with E-state index in [4.69, 9.17) is 0 Å². The topological polar surface area (TPSA) is 13.0 Å². The fourth-order valence-electron chi connectivity index (χ4n) is 5.30. The van der Waals surface area contributed by atoms with E-state index in [-0.39, 0.29) is 0 Å². The van der Waals surface area contributed by atoms with Gasteiger partial charge >= 0.3 is 0 Å². The van der Waals surface area contributed by atoms with Gasteiger partial charge in [-0.1, -0.05) is 27.2 Å². The lowest BCUT2D eigenvalue weighted by atomic mass is 9.98. The van der Waals surface area contributed by atoms with Crippen LogP contribution in [0.5, 0.6) is 0 Å². The Morgan fingerprint density at radius 3 is 1.92 bits per heavy atom. The molecule has 2 atom stereocenters. The van der Waals surface area contributed by atoms with Crippen LogP contribution in [0.4, 0.5) is 0 Å². The predicted molar refractivity (Wildman–Crippen MR) is 114 cm³/mol. The maximum absolute atomic E-state index is 2.71. The molecule has 0 saturated carbocycles. The minimum absolute atomic E-state index is 0.791. The van der Waals surface area contributed by atoms with E-state index in [9.17, 15) is 0 Å². The molecule has 4 saturated heterocycles. The van der Waals surface area contributed by atoms with Gasteiger partial charge in [-0.2, -0.15) is 0 Å². The Morgan fingerprint density at radius 1 is 0.808 bits per heavy atom. The summed E-state index contributed by atoms with van der Waals surface area (Å²) in [5, 5.41) is 0. The molecule has 4 nitrogen and oxygen atoms in total. The van der Waals surface area contributed by atoms with E-state index in [1.54, 1.807) is 0 Å². The third kappa shape index (κ3) is 5.92. The van der Waals surface area contributed by atoms with Crippen LogP contribution >= 0.6 is 0 Å². The van der Waals surface area contributed by atoms with Crippen LogP contribution < -0.4 is 0 Å². The molecule has 4 fully saturated rings. The molecule has 0 radical (unpaired) electrons. The van der Waals surface area contributed by atoms with Crippen LogP contribution in [0.2, 0.25) is 0 Å². The summed E-state index contributed by atoms with van der Waals surface area (Å²) in [7, 11) is 4.47. The molecule has 0 bridgehead atoms. The first-order valence-corrected chi connectivity index (χ1v) is 11.4. The summed E-state index contributed by atoms with van der Waals surface area (Å²) in [6.07, 6.45) is 5.62. The Hall–Kier alpha value is -0.160. The van der Waals surface area contributed by atoms with Crippen molar-refractivity contribution in [2.75, 3.05) is 66.5 Å². The molecule has 4 rings (SSSR count). The van der Waals surface area contributed by atoms with Crippen LogP contribution in [0.15, 0.2) is 0 Å². The molecular formula is C22H46N4. The smallest absolute Gasteiger partial charge is 0.0223 e. The normalized spacial score (nSPS) is 34.2. The SMILES string of the molecule is CC.CCC(C)N1CCN2CCCCC2C1.CN1CC2CN(C)CC2C1. The first kappa shape index (κ1) is 22.1. The molecule has 0 amide bonds.